The van der Waals surface area contributed by atoms with E-state index >= 15 is 0 Å². The molecule has 0 radical (unpaired) electrons. The summed E-state index contributed by atoms with van der Waals surface area (Å²) in [7, 11) is 0. The van der Waals surface area contributed by atoms with E-state index in [9.17, 15) is 46.0 Å². The lowest BCUT2D eigenvalue weighted by atomic mass is 9.41. The van der Waals surface area contributed by atoms with Crippen LogP contribution in [0.15, 0.2) is 0 Å². The minimum absolute atomic E-state index is 0.00199. The number of fused-ring (bicyclic) bond motifs is 2. The van der Waals surface area contributed by atoms with Gasteiger partial charge in [0, 0.05) is 0 Å². The van der Waals surface area contributed by atoms with Crippen LogP contribution in [0.2, 0.25) is 0 Å². The summed E-state index contributed by atoms with van der Waals surface area (Å²) in [6.07, 6.45) is -5.79. The molecule has 0 bridgehead atoms. The molecule has 2 heterocycles. The fraction of sp³-hybridized carbons (Fsp3) is 1.00. The van der Waals surface area contributed by atoms with Crippen molar-refractivity contribution >= 4 is 0 Å². The Balaban J connectivity index is 1.20. The van der Waals surface area contributed by atoms with Gasteiger partial charge in [0.2, 0.25) is 0 Å². The van der Waals surface area contributed by atoms with Crippen LogP contribution in [0.1, 0.15) is 106 Å². The topological polar surface area (TPSA) is 219 Å². The van der Waals surface area contributed by atoms with Gasteiger partial charge in [0.1, 0.15) is 36.6 Å². The zero-order valence-corrected chi connectivity index (χ0v) is 32.7. The number of rotatable bonds is 9. The van der Waals surface area contributed by atoms with E-state index in [0.717, 1.165) is 25.7 Å². The summed E-state index contributed by atoms with van der Waals surface area (Å²) in [5, 5.41) is 96.3. The lowest BCUT2D eigenvalue weighted by molar-refractivity contribution is -0.326. The van der Waals surface area contributed by atoms with Crippen LogP contribution in [0.5, 0.6) is 0 Å². The molecule has 13 nitrogen and oxygen atoms in total. The maximum atomic E-state index is 12.0. The minimum Gasteiger partial charge on any atom is -0.393 e. The largest absolute Gasteiger partial charge is 0.393 e. The molecule has 0 amide bonds. The molecule has 0 unspecified atom stereocenters. The Labute approximate surface area is 314 Å². The monoisotopic (exact) mass is 756 g/mol. The van der Waals surface area contributed by atoms with Gasteiger partial charge in [-0.1, -0.05) is 34.6 Å². The van der Waals surface area contributed by atoms with Crippen LogP contribution in [0.4, 0.5) is 0 Å². The molecule has 0 aromatic heterocycles. The highest BCUT2D eigenvalue weighted by Crippen LogP contribution is 2.89. The van der Waals surface area contributed by atoms with Crippen molar-refractivity contribution in [3.8, 4) is 0 Å². The Kier molecular flexibility index (Phi) is 10.4. The summed E-state index contributed by atoms with van der Waals surface area (Å²) in [6, 6.07) is 0. The second kappa shape index (κ2) is 13.5. The smallest absolute Gasteiger partial charge is 0.186 e. The number of aliphatic hydroxyl groups excluding tert-OH is 8. The van der Waals surface area contributed by atoms with Gasteiger partial charge in [0.25, 0.3) is 0 Å². The Morgan fingerprint density at radius 3 is 1.91 bits per heavy atom. The Morgan fingerprint density at radius 2 is 1.32 bits per heavy atom. The van der Waals surface area contributed by atoms with Crippen LogP contribution >= 0.6 is 0 Å². The van der Waals surface area contributed by atoms with Gasteiger partial charge in [-0.2, -0.15) is 0 Å². The van der Waals surface area contributed by atoms with E-state index < -0.39 is 84.6 Å². The van der Waals surface area contributed by atoms with Crippen molar-refractivity contribution in [2.24, 2.45) is 50.7 Å². The van der Waals surface area contributed by atoms with E-state index in [1.54, 1.807) is 13.8 Å². The van der Waals surface area contributed by atoms with E-state index in [-0.39, 0.29) is 58.5 Å². The molecule has 306 valence electrons. The first-order valence-electron chi connectivity index (χ1n) is 20.3. The first-order chi connectivity index (χ1) is 24.6. The standard InChI is InChI=1S/C40H68O13/c1-19(8-9-25(44)36(4,5)49)27-20(41)15-38(7)24-14-23(52-33-30(47)28(45)21(42)16-50-33)32-35(2,3)26(53-34-31(48)29(46)22(43)17-51-34)10-11-40(32)18-39(24,40)13-12-37(27,38)6/h19-34,41-49H,8-18H2,1-7H3/t19-,20+,21-,22-,23+,24+,25+,26+,27+,28+,29+,30-,31-,32+,33+,34+,37-,38+,39+,40+/m1/s1. The maximum Gasteiger partial charge on any atom is 0.186 e. The van der Waals surface area contributed by atoms with Crippen molar-refractivity contribution in [2.75, 3.05) is 13.2 Å². The summed E-state index contributed by atoms with van der Waals surface area (Å²) >= 11 is 0. The number of hydrogen-bond donors (Lipinski definition) is 9. The van der Waals surface area contributed by atoms with E-state index in [1.807, 2.05) is 0 Å². The molecule has 53 heavy (non-hydrogen) atoms. The number of aliphatic hydroxyl groups is 9. The van der Waals surface area contributed by atoms with Crippen LogP contribution in [0.25, 0.3) is 0 Å². The van der Waals surface area contributed by atoms with Gasteiger partial charge in [-0.25, -0.2) is 0 Å². The minimum atomic E-state index is -1.46. The normalized spacial score (nSPS) is 54.6. The molecule has 7 fully saturated rings. The third kappa shape index (κ3) is 6.04. The SMILES string of the molecule is C[C@H](CC[C@H](O)C(C)(C)O)[C@H]1[C@@H](O)C[C@@]2(C)[C@@H]3C[C@H](O[C@@H]4OC[C@@H](O)[C@H](O)[C@H]4O)[C@H]4C(C)(C)[C@@H](O[C@@H]5OC[C@@H](O)[C@H](O)[C@H]5O)CC[C@]45C[C@@]35CC[C@]12C. The molecular weight excluding hydrogens is 688 g/mol. The molecule has 2 saturated heterocycles. The summed E-state index contributed by atoms with van der Waals surface area (Å²) in [6.45, 7) is 14.1. The Hall–Kier alpha value is -0.520. The molecule has 13 heteroatoms. The molecule has 5 aliphatic carbocycles. The van der Waals surface area contributed by atoms with Crippen molar-refractivity contribution < 1.29 is 64.9 Å². The summed E-state index contributed by atoms with van der Waals surface area (Å²) < 4.78 is 24.9. The van der Waals surface area contributed by atoms with E-state index in [1.165, 1.54) is 0 Å². The Bertz CT molecular complexity index is 1340. The number of hydrogen-bond acceptors (Lipinski definition) is 13. The van der Waals surface area contributed by atoms with Gasteiger partial charge in [-0.05, 0) is 122 Å². The van der Waals surface area contributed by atoms with Gasteiger partial charge in [-0.15, -0.1) is 0 Å². The molecule has 7 aliphatic rings. The Morgan fingerprint density at radius 1 is 0.736 bits per heavy atom. The van der Waals surface area contributed by atoms with Gasteiger partial charge < -0.3 is 64.9 Å². The summed E-state index contributed by atoms with van der Waals surface area (Å²) in [5.41, 5.74) is -2.37. The van der Waals surface area contributed by atoms with Crippen molar-refractivity contribution in [2.45, 2.75) is 185 Å². The summed E-state index contributed by atoms with van der Waals surface area (Å²) in [5.74, 6) is 0.204. The highest BCUT2D eigenvalue weighted by atomic mass is 16.7. The van der Waals surface area contributed by atoms with E-state index in [4.69, 9.17) is 18.9 Å². The van der Waals surface area contributed by atoms with Gasteiger partial charge in [0.05, 0.1) is 43.2 Å². The zero-order chi connectivity index (χ0) is 38.8. The van der Waals surface area contributed by atoms with Crippen LogP contribution in [0.3, 0.4) is 0 Å². The quantitative estimate of drug-likeness (QED) is 0.151. The highest BCUT2D eigenvalue weighted by Gasteiger charge is 2.84. The van der Waals surface area contributed by atoms with Crippen molar-refractivity contribution in [1.82, 2.24) is 0 Å². The fourth-order valence-corrected chi connectivity index (χ4v) is 13.9. The van der Waals surface area contributed by atoms with Crippen LogP contribution in [-0.2, 0) is 18.9 Å². The average Bonchev–Trinajstić information content (AvgIpc) is 3.67. The summed E-state index contributed by atoms with van der Waals surface area (Å²) in [4.78, 5) is 0. The maximum absolute atomic E-state index is 12.0. The second-order valence-corrected chi connectivity index (χ2v) is 20.3. The first-order valence-corrected chi connectivity index (χ1v) is 20.3. The molecule has 2 aliphatic heterocycles. The van der Waals surface area contributed by atoms with Crippen molar-refractivity contribution in [1.29, 1.82) is 0 Å². The van der Waals surface area contributed by atoms with Crippen LogP contribution < -0.4 is 0 Å². The molecule has 0 aromatic carbocycles. The third-order valence-electron chi connectivity index (χ3n) is 16.9. The highest BCUT2D eigenvalue weighted by molar-refractivity contribution is 5.32. The predicted molar refractivity (Wildman–Crippen MR) is 190 cm³/mol. The third-order valence-corrected chi connectivity index (χ3v) is 16.9. The average molecular weight is 757 g/mol. The second-order valence-electron chi connectivity index (χ2n) is 20.3. The number of ether oxygens (including phenoxy) is 4. The molecule has 0 aromatic rings. The zero-order valence-electron chi connectivity index (χ0n) is 32.7. The fourth-order valence-electron chi connectivity index (χ4n) is 13.9. The van der Waals surface area contributed by atoms with Crippen molar-refractivity contribution in [3.63, 3.8) is 0 Å². The molecular formula is C40H68O13. The van der Waals surface area contributed by atoms with Crippen LogP contribution in [-0.4, -0.2) is 138 Å². The molecule has 20 atom stereocenters. The van der Waals surface area contributed by atoms with Gasteiger partial charge in [-0.3, -0.25) is 0 Å². The molecule has 5 saturated carbocycles. The molecule has 7 rings (SSSR count). The first kappa shape index (κ1) is 40.7. The van der Waals surface area contributed by atoms with E-state index in [2.05, 4.69) is 34.6 Å². The molecule has 9 N–H and O–H groups in total. The predicted octanol–water partition coefficient (Wildman–Crippen LogP) is 1.20. The van der Waals surface area contributed by atoms with Crippen LogP contribution in [0, 0.1) is 50.7 Å². The molecule has 2 spiro atoms. The lowest BCUT2D eigenvalue weighted by Crippen LogP contribution is -2.64. The lowest BCUT2D eigenvalue weighted by Gasteiger charge is -2.65. The van der Waals surface area contributed by atoms with Crippen molar-refractivity contribution in [3.05, 3.63) is 0 Å². The van der Waals surface area contributed by atoms with E-state index in [0.29, 0.717) is 32.1 Å². The van der Waals surface area contributed by atoms with Gasteiger partial charge in [0.15, 0.2) is 12.6 Å². The van der Waals surface area contributed by atoms with Gasteiger partial charge >= 0.3 is 0 Å².